The van der Waals surface area contributed by atoms with E-state index in [-0.39, 0.29) is 0 Å². The number of nitrogens with zero attached hydrogens (tertiary/aromatic N) is 6. The van der Waals surface area contributed by atoms with E-state index in [0.29, 0.717) is 12.1 Å². The highest BCUT2D eigenvalue weighted by molar-refractivity contribution is 5.51. The van der Waals surface area contributed by atoms with Crippen LogP contribution in [0.2, 0.25) is 0 Å². The van der Waals surface area contributed by atoms with E-state index < -0.39 is 0 Å². The Morgan fingerprint density at radius 1 is 1.15 bits per heavy atom. The Balaban J connectivity index is 1.44. The molecule has 0 spiro atoms. The number of tetrazole rings is 1. The van der Waals surface area contributed by atoms with Crippen LogP contribution in [0.4, 0.5) is 5.69 Å². The zero-order chi connectivity index (χ0) is 18.6. The van der Waals surface area contributed by atoms with Gasteiger partial charge in [0.05, 0.1) is 19.2 Å². The SMILES string of the molecule is CC[C@H](c1nnnn1C1CCCC1)N1CCN(c2cccc(OC)c2)CC1. The Hall–Kier alpha value is -2.15. The predicted octanol–water partition coefficient (Wildman–Crippen LogP) is 3.07. The molecule has 2 fully saturated rings. The lowest BCUT2D eigenvalue weighted by molar-refractivity contribution is 0.166. The second kappa shape index (κ2) is 8.25. The third kappa shape index (κ3) is 3.78. The van der Waals surface area contributed by atoms with Crippen molar-refractivity contribution in [1.82, 2.24) is 25.1 Å². The summed E-state index contributed by atoms with van der Waals surface area (Å²) in [4.78, 5) is 4.99. The number of ether oxygens (including phenoxy) is 1. The van der Waals surface area contributed by atoms with Crippen molar-refractivity contribution in [2.24, 2.45) is 0 Å². The zero-order valence-electron chi connectivity index (χ0n) is 16.4. The van der Waals surface area contributed by atoms with Crippen LogP contribution in [0.15, 0.2) is 24.3 Å². The minimum atomic E-state index is 0.299. The number of piperazine rings is 1. The molecule has 0 unspecified atom stereocenters. The summed E-state index contributed by atoms with van der Waals surface area (Å²) in [6, 6.07) is 9.13. The van der Waals surface area contributed by atoms with Gasteiger partial charge in [-0.25, -0.2) is 4.68 Å². The van der Waals surface area contributed by atoms with Crippen LogP contribution in [0, 0.1) is 0 Å². The van der Waals surface area contributed by atoms with Crippen LogP contribution >= 0.6 is 0 Å². The van der Waals surface area contributed by atoms with Crippen molar-refractivity contribution < 1.29 is 4.74 Å². The second-order valence-electron chi connectivity index (χ2n) is 7.57. The van der Waals surface area contributed by atoms with E-state index in [4.69, 9.17) is 4.74 Å². The number of rotatable bonds is 6. The Morgan fingerprint density at radius 3 is 2.63 bits per heavy atom. The van der Waals surface area contributed by atoms with Crippen LogP contribution in [0.25, 0.3) is 0 Å². The molecule has 1 saturated heterocycles. The highest BCUT2D eigenvalue weighted by Gasteiger charge is 2.30. The molecule has 0 radical (unpaired) electrons. The zero-order valence-corrected chi connectivity index (χ0v) is 16.4. The summed E-state index contributed by atoms with van der Waals surface area (Å²) in [6.45, 7) is 6.30. The van der Waals surface area contributed by atoms with Crippen LogP contribution in [0.1, 0.15) is 56.9 Å². The summed E-state index contributed by atoms with van der Waals surface area (Å²) in [5.41, 5.74) is 1.23. The van der Waals surface area contributed by atoms with Gasteiger partial charge in [0.15, 0.2) is 5.82 Å². The van der Waals surface area contributed by atoms with Gasteiger partial charge in [0.2, 0.25) is 0 Å². The third-order valence-electron chi connectivity index (χ3n) is 6.05. The van der Waals surface area contributed by atoms with Gasteiger partial charge in [-0.3, -0.25) is 4.90 Å². The molecule has 1 aromatic carbocycles. The lowest BCUT2D eigenvalue weighted by Gasteiger charge is -2.39. The van der Waals surface area contributed by atoms with Crippen LogP contribution < -0.4 is 9.64 Å². The smallest absolute Gasteiger partial charge is 0.168 e. The number of hydrogen-bond donors (Lipinski definition) is 0. The predicted molar refractivity (Wildman–Crippen MR) is 105 cm³/mol. The molecule has 0 N–H and O–H groups in total. The Kier molecular flexibility index (Phi) is 5.57. The van der Waals surface area contributed by atoms with Crippen molar-refractivity contribution in [2.75, 3.05) is 38.2 Å². The van der Waals surface area contributed by atoms with E-state index in [0.717, 1.165) is 44.2 Å². The fourth-order valence-corrected chi connectivity index (χ4v) is 4.53. The second-order valence-corrected chi connectivity index (χ2v) is 7.57. The van der Waals surface area contributed by atoms with E-state index in [1.165, 1.54) is 31.4 Å². The minimum absolute atomic E-state index is 0.299. The maximum absolute atomic E-state index is 5.37. The standard InChI is InChI=1S/C20H30N6O/c1-3-19(20-21-22-23-26(20)16-7-4-5-8-16)25-13-11-24(12-14-25)17-9-6-10-18(15-17)27-2/h6,9-10,15-16,19H,3-5,7-8,11-14H2,1-2H3/t19-/m1/s1. The van der Waals surface area contributed by atoms with Gasteiger partial charge in [0.25, 0.3) is 0 Å². The van der Waals surface area contributed by atoms with Crippen molar-refractivity contribution in [3.05, 3.63) is 30.1 Å². The molecule has 0 bridgehead atoms. The average molecular weight is 371 g/mol. The molecule has 2 aliphatic rings. The normalized spacial score (nSPS) is 20.1. The summed E-state index contributed by atoms with van der Waals surface area (Å²) in [7, 11) is 1.72. The van der Waals surface area contributed by atoms with E-state index in [2.05, 4.69) is 55.1 Å². The summed E-state index contributed by atoms with van der Waals surface area (Å²) < 4.78 is 7.49. The number of aromatic nitrogens is 4. The molecular weight excluding hydrogens is 340 g/mol. The van der Waals surface area contributed by atoms with Crippen molar-refractivity contribution in [1.29, 1.82) is 0 Å². The fraction of sp³-hybridized carbons (Fsp3) is 0.650. The van der Waals surface area contributed by atoms with Gasteiger partial charge in [-0.15, -0.1) is 5.10 Å². The van der Waals surface area contributed by atoms with E-state index in [1.807, 2.05) is 6.07 Å². The average Bonchev–Trinajstić information content (AvgIpc) is 3.41. The summed E-state index contributed by atoms with van der Waals surface area (Å²) in [5.74, 6) is 1.97. The van der Waals surface area contributed by atoms with Gasteiger partial charge in [0.1, 0.15) is 5.75 Å². The van der Waals surface area contributed by atoms with E-state index in [9.17, 15) is 0 Å². The molecule has 146 valence electrons. The summed E-state index contributed by atoms with van der Waals surface area (Å²) in [5, 5.41) is 12.8. The first-order chi connectivity index (χ1) is 13.3. The van der Waals surface area contributed by atoms with Gasteiger partial charge in [0, 0.05) is 37.9 Å². The molecule has 1 saturated carbocycles. The third-order valence-corrected chi connectivity index (χ3v) is 6.05. The van der Waals surface area contributed by atoms with Crippen LogP contribution in [-0.4, -0.2) is 58.4 Å². The van der Waals surface area contributed by atoms with Crippen LogP contribution in [0.5, 0.6) is 5.75 Å². The lowest BCUT2D eigenvalue weighted by Crippen LogP contribution is -2.48. The quantitative estimate of drug-likeness (QED) is 0.779. The van der Waals surface area contributed by atoms with Crippen molar-refractivity contribution in [3.8, 4) is 5.75 Å². The highest BCUT2D eigenvalue weighted by atomic mass is 16.5. The summed E-state index contributed by atoms with van der Waals surface area (Å²) >= 11 is 0. The highest BCUT2D eigenvalue weighted by Crippen LogP contribution is 2.33. The molecule has 0 amide bonds. The van der Waals surface area contributed by atoms with Gasteiger partial charge >= 0.3 is 0 Å². The number of methoxy groups -OCH3 is 1. The Bertz CT molecular complexity index is 734. The van der Waals surface area contributed by atoms with Crippen molar-refractivity contribution in [3.63, 3.8) is 0 Å². The molecule has 2 heterocycles. The van der Waals surface area contributed by atoms with Crippen molar-refractivity contribution in [2.45, 2.75) is 51.1 Å². The van der Waals surface area contributed by atoms with Crippen LogP contribution in [0.3, 0.4) is 0 Å². The van der Waals surface area contributed by atoms with Gasteiger partial charge in [-0.1, -0.05) is 25.8 Å². The number of anilines is 1. The van der Waals surface area contributed by atoms with Gasteiger partial charge in [-0.05, 0) is 41.8 Å². The van der Waals surface area contributed by atoms with Crippen molar-refractivity contribution >= 4 is 5.69 Å². The fourth-order valence-electron chi connectivity index (χ4n) is 4.53. The molecular formula is C20H30N6O. The molecule has 7 heteroatoms. The number of benzene rings is 1. The maximum atomic E-state index is 5.37. The van der Waals surface area contributed by atoms with Gasteiger partial charge < -0.3 is 9.64 Å². The van der Waals surface area contributed by atoms with Gasteiger partial charge in [-0.2, -0.15) is 0 Å². The molecule has 7 nitrogen and oxygen atoms in total. The molecule has 1 atom stereocenters. The van der Waals surface area contributed by atoms with E-state index >= 15 is 0 Å². The monoisotopic (exact) mass is 370 g/mol. The topological polar surface area (TPSA) is 59.3 Å². The maximum Gasteiger partial charge on any atom is 0.168 e. The molecule has 4 rings (SSSR count). The molecule has 27 heavy (non-hydrogen) atoms. The lowest BCUT2D eigenvalue weighted by atomic mass is 10.1. The Labute approximate surface area is 161 Å². The molecule has 1 aliphatic heterocycles. The number of hydrogen-bond acceptors (Lipinski definition) is 6. The van der Waals surface area contributed by atoms with Crippen LogP contribution in [-0.2, 0) is 0 Å². The molecule has 1 aliphatic carbocycles. The first-order valence-electron chi connectivity index (χ1n) is 10.2. The molecule has 2 aromatic rings. The minimum Gasteiger partial charge on any atom is -0.497 e. The van der Waals surface area contributed by atoms with E-state index in [1.54, 1.807) is 7.11 Å². The first kappa shape index (κ1) is 18.2. The Morgan fingerprint density at radius 2 is 1.93 bits per heavy atom. The largest absolute Gasteiger partial charge is 0.497 e. The summed E-state index contributed by atoms with van der Waals surface area (Å²) in [6.07, 6.45) is 6.03. The first-order valence-corrected chi connectivity index (χ1v) is 10.2. The molecule has 1 aromatic heterocycles.